The van der Waals surface area contributed by atoms with Crippen molar-refractivity contribution < 1.29 is 8.42 Å². The maximum absolute atomic E-state index is 11.2. The Balaban J connectivity index is 1.95. The molecule has 1 atom stereocenters. The molecule has 0 radical (unpaired) electrons. The first-order valence-corrected chi connectivity index (χ1v) is 7.45. The molecule has 0 fully saturated rings. The molecule has 0 saturated carbocycles. The fourth-order valence-electron chi connectivity index (χ4n) is 1.70. The van der Waals surface area contributed by atoms with Crippen LogP contribution in [0.25, 0.3) is 0 Å². The van der Waals surface area contributed by atoms with Crippen LogP contribution in [0.15, 0.2) is 29.7 Å². The highest BCUT2D eigenvalue weighted by Gasteiger charge is 2.20. The Bertz CT molecular complexity index is 552. The fourth-order valence-corrected chi connectivity index (χ4v) is 3.17. The van der Waals surface area contributed by atoms with Crippen LogP contribution in [0, 0.1) is 6.92 Å². The van der Waals surface area contributed by atoms with E-state index in [1.54, 1.807) is 6.08 Å². The number of halogens is 1. The van der Waals surface area contributed by atoms with Crippen LogP contribution in [0.1, 0.15) is 11.1 Å². The smallest absolute Gasteiger partial charge is 0.173 e. The van der Waals surface area contributed by atoms with Crippen LogP contribution in [-0.4, -0.2) is 20.2 Å². The van der Waals surface area contributed by atoms with E-state index in [1.807, 2.05) is 25.1 Å². The Labute approximate surface area is 106 Å². The predicted octanol–water partition coefficient (Wildman–Crippen LogP) is 2.05. The molecule has 1 aliphatic heterocycles. The Morgan fingerprint density at radius 1 is 1.47 bits per heavy atom. The third-order valence-electron chi connectivity index (χ3n) is 2.73. The summed E-state index contributed by atoms with van der Waals surface area (Å²) in [6.45, 7) is 2.57. The van der Waals surface area contributed by atoms with E-state index in [4.69, 9.17) is 11.6 Å². The highest BCUT2D eigenvalue weighted by Crippen LogP contribution is 2.17. The van der Waals surface area contributed by atoms with Crippen molar-refractivity contribution in [2.45, 2.75) is 19.5 Å². The summed E-state index contributed by atoms with van der Waals surface area (Å²) in [4.78, 5) is 0. The Kier molecular flexibility index (Phi) is 3.56. The standard InChI is InChI=1S/C12H14ClNO2S/c1-9-2-3-10(6-12(9)13)7-14-11-4-5-17(15,16)8-11/h2-6,11,14H,7-8H2,1H3. The van der Waals surface area contributed by atoms with E-state index in [0.29, 0.717) is 6.54 Å². The Morgan fingerprint density at radius 3 is 2.82 bits per heavy atom. The second-order valence-corrected chi connectivity index (χ2v) is 6.57. The van der Waals surface area contributed by atoms with Gasteiger partial charge in [-0.05, 0) is 24.1 Å². The average Bonchev–Trinajstić information content (AvgIpc) is 2.60. The van der Waals surface area contributed by atoms with E-state index in [-0.39, 0.29) is 11.8 Å². The van der Waals surface area contributed by atoms with Crippen molar-refractivity contribution in [1.29, 1.82) is 0 Å². The van der Waals surface area contributed by atoms with E-state index in [9.17, 15) is 8.42 Å². The van der Waals surface area contributed by atoms with Crippen LogP contribution in [0.5, 0.6) is 0 Å². The summed E-state index contributed by atoms with van der Waals surface area (Å²) in [6, 6.07) is 5.75. The van der Waals surface area contributed by atoms with Crippen LogP contribution in [0.2, 0.25) is 5.02 Å². The minimum absolute atomic E-state index is 0.0971. The lowest BCUT2D eigenvalue weighted by Gasteiger charge is -2.10. The van der Waals surface area contributed by atoms with E-state index in [1.165, 1.54) is 5.41 Å². The zero-order chi connectivity index (χ0) is 12.5. The van der Waals surface area contributed by atoms with Gasteiger partial charge in [-0.1, -0.05) is 29.8 Å². The molecule has 17 heavy (non-hydrogen) atoms. The third kappa shape index (κ3) is 3.31. The van der Waals surface area contributed by atoms with E-state index < -0.39 is 9.84 Å². The lowest BCUT2D eigenvalue weighted by Crippen LogP contribution is -2.29. The van der Waals surface area contributed by atoms with Gasteiger partial charge in [0.15, 0.2) is 9.84 Å². The van der Waals surface area contributed by atoms with Gasteiger partial charge in [-0.15, -0.1) is 0 Å². The summed E-state index contributed by atoms with van der Waals surface area (Å²) in [5.41, 5.74) is 2.09. The zero-order valence-corrected chi connectivity index (χ0v) is 11.1. The van der Waals surface area contributed by atoms with Gasteiger partial charge in [0.2, 0.25) is 0 Å². The minimum Gasteiger partial charge on any atom is -0.305 e. The summed E-state index contributed by atoms with van der Waals surface area (Å²) in [5.74, 6) is 0.145. The van der Waals surface area contributed by atoms with Crippen molar-refractivity contribution in [1.82, 2.24) is 5.32 Å². The quantitative estimate of drug-likeness (QED) is 0.915. The number of hydrogen-bond donors (Lipinski definition) is 1. The molecule has 0 bridgehead atoms. The van der Waals surface area contributed by atoms with Gasteiger partial charge in [-0.25, -0.2) is 8.42 Å². The average molecular weight is 272 g/mol. The first-order chi connectivity index (χ1) is 7.96. The first kappa shape index (κ1) is 12.6. The molecule has 3 nitrogen and oxygen atoms in total. The highest BCUT2D eigenvalue weighted by atomic mass is 35.5. The molecule has 1 unspecified atom stereocenters. The van der Waals surface area contributed by atoms with Gasteiger partial charge in [0, 0.05) is 23.0 Å². The SMILES string of the molecule is Cc1ccc(CNC2C=CS(=O)(=O)C2)cc1Cl. The lowest BCUT2D eigenvalue weighted by atomic mass is 10.1. The number of rotatable bonds is 3. The number of nitrogens with one attached hydrogen (secondary N) is 1. The number of benzene rings is 1. The predicted molar refractivity (Wildman–Crippen MR) is 69.7 cm³/mol. The summed E-state index contributed by atoms with van der Waals surface area (Å²) < 4.78 is 22.4. The summed E-state index contributed by atoms with van der Waals surface area (Å²) >= 11 is 6.02. The molecule has 0 aromatic heterocycles. The number of aryl methyl sites for hydroxylation is 1. The van der Waals surface area contributed by atoms with Gasteiger partial charge in [-0.2, -0.15) is 0 Å². The molecular weight excluding hydrogens is 258 g/mol. The van der Waals surface area contributed by atoms with E-state index in [2.05, 4.69) is 5.32 Å². The summed E-state index contributed by atoms with van der Waals surface area (Å²) in [5, 5.41) is 5.18. The molecule has 0 spiro atoms. The van der Waals surface area contributed by atoms with Crippen LogP contribution in [0.3, 0.4) is 0 Å². The van der Waals surface area contributed by atoms with Crippen molar-refractivity contribution >= 4 is 21.4 Å². The van der Waals surface area contributed by atoms with Crippen LogP contribution in [0.4, 0.5) is 0 Å². The molecule has 1 aliphatic rings. The van der Waals surface area contributed by atoms with Crippen molar-refractivity contribution in [3.05, 3.63) is 45.8 Å². The van der Waals surface area contributed by atoms with Gasteiger partial charge >= 0.3 is 0 Å². The molecule has 0 amide bonds. The van der Waals surface area contributed by atoms with Gasteiger partial charge in [0.05, 0.1) is 5.75 Å². The summed E-state index contributed by atoms with van der Waals surface area (Å²) in [6.07, 6.45) is 1.69. The molecule has 1 aromatic carbocycles. The molecule has 1 aromatic rings. The maximum Gasteiger partial charge on any atom is 0.173 e. The topological polar surface area (TPSA) is 46.2 Å². The molecule has 5 heteroatoms. The van der Waals surface area contributed by atoms with Crippen LogP contribution in [-0.2, 0) is 16.4 Å². The van der Waals surface area contributed by atoms with Crippen LogP contribution < -0.4 is 5.32 Å². The third-order valence-corrected chi connectivity index (χ3v) is 4.54. The maximum atomic E-state index is 11.2. The number of sulfone groups is 1. The van der Waals surface area contributed by atoms with Crippen molar-refractivity contribution in [3.63, 3.8) is 0 Å². The second kappa shape index (κ2) is 4.80. The monoisotopic (exact) mass is 271 g/mol. The molecular formula is C12H14ClNO2S. The van der Waals surface area contributed by atoms with Gasteiger partial charge < -0.3 is 5.32 Å². The van der Waals surface area contributed by atoms with Gasteiger partial charge in [-0.3, -0.25) is 0 Å². The Morgan fingerprint density at radius 2 is 2.24 bits per heavy atom. The first-order valence-electron chi connectivity index (χ1n) is 5.36. The molecule has 0 saturated heterocycles. The largest absolute Gasteiger partial charge is 0.305 e. The normalized spacial score (nSPS) is 21.9. The van der Waals surface area contributed by atoms with Crippen molar-refractivity contribution in [3.8, 4) is 0 Å². The molecule has 92 valence electrons. The summed E-state index contributed by atoms with van der Waals surface area (Å²) in [7, 11) is -2.98. The van der Waals surface area contributed by atoms with E-state index in [0.717, 1.165) is 16.1 Å². The minimum atomic E-state index is -2.98. The van der Waals surface area contributed by atoms with Gasteiger partial charge in [0.1, 0.15) is 0 Å². The molecule has 0 aliphatic carbocycles. The van der Waals surface area contributed by atoms with Crippen LogP contribution >= 0.6 is 11.6 Å². The molecule has 1 heterocycles. The lowest BCUT2D eigenvalue weighted by molar-refractivity contribution is 0.590. The zero-order valence-electron chi connectivity index (χ0n) is 9.48. The number of hydrogen-bond acceptors (Lipinski definition) is 3. The van der Waals surface area contributed by atoms with Crippen molar-refractivity contribution in [2.75, 3.05) is 5.75 Å². The highest BCUT2D eigenvalue weighted by molar-refractivity contribution is 7.94. The Hall–Kier alpha value is -0.840. The van der Waals surface area contributed by atoms with Gasteiger partial charge in [0.25, 0.3) is 0 Å². The molecule has 1 N–H and O–H groups in total. The second-order valence-electron chi connectivity index (χ2n) is 4.23. The van der Waals surface area contributed by atoms with E-state index >= 15 is 0 Å². The molecule has 2 rings (SSSR count). The van der Waals surface area contributed by atoms with Crippen molar-refractivity contribution in [2.24, 2.45) is 0 Å². The fraction of sp³-hybridized carbons (Fsp3) is 0.333.